The molecule has 2 aliphatic rings. The number of aromatic carboxylic acids is 1. The first-order valence-electron chi connectivity index (χ1n) is 10.4. The maximum absolute atomic E-state index is 12.6. The number of rotatable bonds is 7. The van der Waals surface area contributed by atoms with Crippen molar-refractivity contribution in [3.63, 3.8) is 0 Å². The summed E-state index contributed by atoms with van der Waals surface area (Å²) in [6.45, 7) is 4.98. The van der Waals surface area contributed by atoms with Gasteiger partial charge >= 0.3 is 5.97 Å². The third-order valence-electron chi connectivity index (χ3n) is 5.87. The quantitative estimate of drug-likeness (QED) is 0.613. The number of halogens is 1. The molecule has 31 heavy (non-hydrogen) atoms. The van der Waals surface area contributed by atoms with Crippen molar-refractivity contribution in [3.05, 3.63) is 40.2 Å². The average molecular weight is 484 g/mol. The number of carboxylic acids is 1. The molecule has 0 amide bonds. The van der Waals surface area contributed by atoms with Gasteiger partial charge in [0.1, 0.15) is 4.21 Å². The molecule has 2 N–H and O–H groups in total. The molecule has 2 fully saturated rings. The van der Waals surface area contributed by atoms with Gasteiger partial charge in [-0.15, -0.1) is 11.3 Å². The molecule has 1 atom stereocenters. The molecule has 10 heteroatoms. The molecule has 4 rings (SSSR count). The Kier molecular flexibility index (Phi) is 6.76. The minimum absolute atomic E-state index is 0.0826. The minimum atomic E-state index is -3.82. The Morgan fingerprint density at radius 2 is 1.94 bits per heavy atom. The van der Waals surface area contributed by atoms with Gasteiger partial charge in [-0.2, -0.15) is 0 Å². The van der Waals surface area contributed by atoms with Gasteiger partial charge in [-0.3, -0.25) is 4.72 Å². The van der Waals surface area contributed by atoms with Gasteiger partial charge in [0.05, 0.1) is 15.6 Å². The molecule has 2 aliphatic heterocycles. The van der Waals surface area contributed by atoms with Crippen LogP contribution in [0, 0.1) is 5.92 Å². The average Bonchev–Trinajstić information content (AvgIpc) is 3.40. The van der Waals surface area contributed by atoms with E-state index in [0.29, 0.717) is 15.9 Å². The zero-order valence-electron chi connectivity index (χ0n) is 17.1. The first-order chi connectivity index (χ1) is 14.8. The number of carboxylic acid groups (broad SMARTS) is 1. The second-order valence-corrected chi connectivity index (χ2v) is 11.8. The molecule has 1 aromatic heterocycles. The van der Waals surface area contributed by atoms with Crippen molar-refractivity contribution in [1.29, 1.82) is 0 Å². The van der Waals surface area contributed by atoms with E-state index in [9.17, 15) is 18.3 Å². The van der Waals surface area contributed by atoms with Crippen LogP contribution in [0.4, 0.5) is 11.4 Å². The van der Waals surface area contributed by atoms with Crippen molar-refractivity contribution in [2.75, 3.05) is 42.3 Å². The molecular weight excluding hydrogens is 458 g/mol. The van der Waals surface area contributed by atoms with Gasteiger partial charge in [0.15, 0.2) is 0 Å². The van der Waals surface area contributed by atoms with Crippen molar-refractivity contribution in [3.8, 4) is 0 Å². The van der Waals surface area contributed by atoms with Gasteiger partial charge in [-0.25, -0.2) is 13.2 Å². The highest BCUT2D eigenvalue weighted by atomic mass is 35.5. The Bertz CT molecular complexity index is 1050. The van der Waals surface area contributed by atoms with Crippen molar-refractivity contribution in [2.45, 2.75) is 29.9 Å². The summed E-state index contributed by atoms with van der Waals surface area (Å²) in [5.74, 6) is -0.563. The van der Waals surface area contributed by atoms with E-state index >= 15 is 0 Å². The lowest BCUT2D eigenvalue weighted by molar-refractivity contribution is 0.0697. The third-order valence-corrected chi connectivity index (χ3v) is 8.97. The van der Waals surface area contributed by atoms with E-state index in [4.69, 9.17) is 11.6 Å². The van der Waals surface area contributed by atoms with Gasteiger partial charge in [0.25, 0.3) is 10.0 Å². The Morgan fingerprint density at radius 3 is 2.61 bits per heavy atom. The Morgan fingerprint density at radius 1 is 1.16 bits per heavy atom. The number of sulfonamides is 1. The highest BCUT2D eigenvalue weighted by Crippen LogP contribution is 2.32. The summed E-state index contributed by atoms with van der Waals surface area (Å²) >= 11 is 6.80. The minimum Gasteiger partial charge on any atom is -0.478 e. The van der Waals surface area contributed by atoms with E-state index in [1.807, 2.05) is 0 Å². The number of carbonyl (C=O) groups is 1. The van der Waals surface area contributed by atoms with Crippen LogP contribution in [-0.4, -0.2) is 57.1 Å². The summed E-state index contributed by atoms with van der Waals surface area (Å²) in [7, 11) is -3.82. The Hall–Kier alpha value is -1.81. The summed E-state index contributed by atoms with van der Waals surface area (Å²) in [6.07, 6.45) is 4.69. The molecule has 0 saturated carbocycles. The summed E-state index contributed by atoms with van der Waals surface area (Å²) in [5.41, 5.74) is 0.961. The van der Waals surface area contributed by atoms with Crippen molar-refractivity contribution >= 4 is 50.3 Å². The van der Waals surface area contributed by atoms with Crippen molar-refractivity contribution in [2.24, 2.45) is 5.92 Å². The van der Waals surface area contributed by atoms with Gasteiger partial charge in [0, 0.05) is 25.3 Å². The maximum atomic E-state index is 12.6. The van der Waals surface area contributed by atoms with Crippen LogP contribution < -0.4 is 9.62 Å². The fraction of sp³-hybridized carbons (Fsp3) is 0.476. The summed E-state index contributed by atoms with van der Waals surface area (Å²) < 4.78 is 28.1. The van der Waals surface area contributed by atoms with Crippen LogP contribution in [0.1, 0.15) is 36.0 Å². The van der Waals surface area contributed by atoms with E-state index in [0.717, 1.165) is 56.9 Å². The van der Waals surface area contributed by atoms with Crippen LogP contribution in [-0.2, 0) is 10.0 Å². The van der Waals surface area contributed by atoms with Crippen molar-refractivity contribution < 1.29 is 18.3 Å². The zero-order valence-corrected chi connectivity index (χ0v) is 19.5. The standard InChI is InChI=1S/C21H26ClN3O4S2/c22-19-7-8-20(30-19)31(28,29)23-16-5-6-18(17(12-16)21(26)27)25-11-3-4-15(14-25)13-24-9-1-2-10-24/h5-8,12,15,23H,1-4,9-11,13-14H2,(H,26,27)/t15-/m0/s1. The van der Waals surface area contributed by atoms with Crippen LogP contribution in [0.25, 0.3) is 0 Å². The molecule has 3 heterocycles. The first-order valence-corrected chi connectivity index (χ1v) is 13.1. The summed E-state index contributed by atoms with van der Waals surface area (Å²) in [4.78, 5) is 16.6. The molecule has 0 aliphatic carbocycles. The lowest BCUT2D eigenvalue weighted by Crippen LogP contribution is -2.41. The summed E-state index contributed by atoms with van der Waals surface area (Å²) in [5, 5.41) is 9.81. The van der Waals surface area contributed by atoms with Gasteiger partial charge in [-0.1, -0.05) is 11.6 Å². The number of anilines is 2. The lowest BCUT2D eigenvalue weighted by Gasteiger charge is -2.36. The number of nitrogens with zero attached hydrogens (tertiary/aromatic N) is 2. The van der Waals surface area contributed by atoms with E-state index in [1.54, 1.807) is 12.1 Å². The first kappa shape index (κ1) is 22.4. The molecule has 0 spiro atoms. The Labute approximate surface area is 191 Å². The van der Waals surface area contributed by atoms with Crippen LogP contribution in [0.5, 0.6) is 0 Å². The second-order valence-electron chi connectivity index (χ2n) is 8.16. The van der Waals surface area contributed by atoms with Crippen LogP contribution >= 0.6 is 22.9 Å². The van der Waals surface area contributed by atoms with Crippen molar-refractivity contribution in [1.82, 2.24) is 4.90 Å². The van der Waals surface area contributed by atoms with E-state index in [-0.39, 0.29) is 15.5 Å². The number of likely N-dealkylation sites (tertiary alicyclic amines) is 1. The number of hydrogen-bond acceptors (Lipinski definition) is 6. The molecule has 2 aromatic rings. The SMILES string of the molecule is O=C(O)c1cc(NS(=O)(=O)c2ccc(Cl)s2)ccc1N1CCC[C@@H](CN2CCCC2)C1. The van der Waals surface area contributed by atoms with Crippen LogP contribution in [0.3, 0.4) is 0 Å². The summed E-state index contributed by atoms with van der Waals surface area (Å²) in [6, 6.07) is 7.67. The third kappa shape index (κ3) is 5.34. The number of benzene rings is 1. The predicted octanol–water partition coefficient (Wildman–Crippen LogP) is 4.21. The Balaban J connectivity index is 1.52. The molecule has 7 nitrogen and oxygen atoms in total. The fourth-order valence-corrected chi connectivity index (χ4v) is 6.99. The van der Waals surface area contributed by atoms with Gasteiger partial charge < -0.3 is 14.9 Å². The predicted molar refractivity (Wildman–Crippen MR) is 124 cm³/mol. The molecule has 168 valence electrons. The fourth-order valence-electron chi connectivity index (χ4n) is 4.46. The molecule has 1 aromatic carbocycles. The van der Waals surface area contributed by atoms with E-state index in [2.05, 4.69) is 14.5 Å². The molecule has 0 bridgehead atoms. The number of hydrogen-bond donors (Lipinski definition) is 2. The van der Waals surface area contributed by atoms with Gasteiger partial charge in [-0.05, 0) is 75.0 Å². The molecule has 0 radical (unpaired) electrons. The molecular formula is C21H26ClN3O4S2. The highest BCUT2D eigenvalue weighted by Gasteiger charge is 2.26. The van der Waals surface area contributed by atoms with Crippen LogP contribution in [0.2, 0.25) is 4.34 Å². The van der Waals surface area contributed by atoms with E-state index in [1.165, 1.54) is 31.0 Å². The second kappa shape index (κ2) is 9.36. The highest BCUT2D eigenvalue weighted by molar-refractivity contribution is 7.94. The zero-order chi connectivity index (χ0) is 22.0. The number of thiophene rings is 1. The number of nitrogens with one attached hydrogen (secondary N) is 1. The van der Waals surface area contributed by atoms with Crippen LogP contribution in [0.15, 0.2) is 34.5 Å². The lowest BCUT2D eigenvalue weighted by atomic mass is 9.96. The van der Waals surface area contributed by atoms with E-state index < -0.39 is 16.0 Å². The molecule has 0 unspecified atom stereocenters. The molecule has 2 saturated heterocycles. The smallest absolute Gasteiger partial charge is 0.337 e. The monoisotopic (exact) mass is 483 g/mol. The normalized spacial score (nSPS) is 20.2. The largest absolute Gasteiger partial charge is 0.478 e. The number of piperidine rings is 1. The van der Waals surface area contributed by atoms with Gasteiger partial charge in [0.2, 0.25) is 0 Å². The maximum Gasteiger partial charge on any atom is 0.337 e. The topological polar surface area (TPSA) is 89.9 Å².